The van der Waals surface area contributed by atoms with Crippen molar-refractivity contribution < 1.29 is 15.0 Å². The van der Waals surface area contributed by atoms with E-state index in [0.717, 1.165) is 30.2 Å². The Bertz CT molecular complexity index is 817. The number of carboxylic acids is 1. The molecule has 0 amide bonds. The zero-order chi connectivity index (χ0) is 15.9. The van der Waals surface area contributed by atoms with E-state index >= 15 is 0 Å². The maximum Gasteiger partial charge on any atom is 0.339 e. The monoisotopic (exact) mass is 294 g/mol. The van der Waals surface area contributed by atoms with Crippen LogP contribution in [-0.4, -0.2) is 21.2 Å². The number of hydrogen-bond donors (Lipinski definition) is 2. The molecular weight excluding hydrogens is 280 g/mol. The van der Waals surface area contributed by atoms with Crippen molar-refractivity contribution in [2.24, 2.45) is 0 Å². The molecule has 110 valence electrons. The Labute approximate surface area is 127 Å². The average Bonchev–Trinajstić information content (AvgIpc) is 3.31. The average molecular weight is 294 g/mol. The lowest BCUT2D eigenvalue weighted by atomic mass is 9.94. The predicted octanol–water partition coefficient (Wildman–Crippen LogP) is 3.21. The number of aromatic carboxylic acids is 1. The number of pyridine rings is 1. The van der Waals surface area contributed by atoms with E-state index < -0.39 is 5.97 Å². The van der Waals surface area contributed by atoms with Gasteiger partial charge in [0, 0.05) is 5.56 Å². The summed E-state index contributed by atoms with van der Waals surface area (Å²) in [6.07, 6.45) is 3.33. The Morgan fingerprint density at radius 3 is 2.68 bits per heavy atom. The van der Waals surface area contributed by atoms with Crippen LogP contribution in [0.1, 0.15) is 45.8 Å². The molecule has 0 spiro atoms. The van der Waals surface area contributed by atoms with Crippen LogP contribution in [0.5, 0.6) is 5.75 Å². The first-order valence-electron chi connectivity index (χ1n) is 6.98. The summed E-state index contributed by atoms with van der Waals surface area (Å²) in [5.41, 5.74) is 3.63. The predicted molar refractivity (Wildman–Crippen MR) is 79.7 cm³/mol. The molecule has 1 aromatic carbocycles. The third kappa shape index (κ3) is 2.40. The van der Waals surface area contributed by atoms with Crippen LogP contribution in [0.15, 0.2) is 24.4 Å². The molecule has 0 saturated heterocycles. The molecular formula is C17H14N2O3. The Kier molecular flexibility index (Phi) is 3.30. The SMILES string of the molecule is Cc1cc(-c2cc(C(=O)O)c(O)cn2)cc(C#N)c1C1CC1. The summed E-state index contributed by atoms with van der Waals surface area (Å²) in [5, 5.41) is 28.0. The third-order valence-corrected chi connectivity index (χ3v) is 3.90. The molecule has 1 fully saturated rings. The second-order valence-corrected chi connectivity index (χ2v) is 5.53. The van der Waals surface area contributed by atoms with Gasteiger partial charge in [-0.25, -0.2) is 4.79 Å². The standard InChI is InChI=1S/C17H14N2O3/c1-9-4-11(5-12(7-18)16(9)10-2-3-10)14-6-13(17(21)22)15(20)8-19-14/h4-6,8,10,20H,2-3H2,1H3,(H,21,22). The number of benzene rings is 1. The van der Waals surface area contributed by atoms with Crippen molar-refractivity contribution in [2.75, 3.05) is 0 Å². The molecule has 1 aromatic heterocycles. The zero-order valence-electron chi connectivity index (χ0n) is 12.0. The number of aromatic nitrogens is 1. The van der Waals surface area contributed by atoms with Crippen LogP contribution in [0.3, 0.4) is 0 Å². The fourth-order valence-corrected chi connectivity index (χ4v) is 2.73. The van der Waals surface area contributed by atoms with Crippen LogP contribution in [0.25, 0.3) is 11.3 Å². The van der Waals surface area contributed by atoms with Gasteiger partial charge in [-0.15, -0.1) is 0 Å². The highest BCUT2D eigenvalue weighted by Gasteiger charge is 2.28. The highest BCUT2D eigenvalue weighted by Crippen LogP contribution is 2.44. The lowest BCUT2D eigenvalue weighted by Gasteiger charge is -2.11. The van der Waals surface area contributed by atoms with E-state index in [2.05, 4.69) is 11.1 Å². The fourth-order valence-electron chi connectivity index (χ4n) is 2.73. The van der Waals surface area contributed by atoms with E-state index in [0.29, 0.717) is 22.7 Å². The molecule has 5 heteroatoms. The second kappa shape index (κ2) is 5.15. The number of aromatic hydroxyl groups is 1. The molecule has 0 radical (unpaired) electrons. The van der Waals surface area contributed by atoms with Gasteiger partial charge in [0.2, 0.25) is 0 Å². The van der Waals surface area contributed by atoms with Gasteiger partial charge < -0.3 is 10.2 Å². The molecule has 1 aliphatic rings. The van der Waals surface area contributed by atoms with Crippen LogP contribution in [0, 0.1) is 18.3 Å². The molecule has 1 aliphatic carbocycles. The number of nitriles is 1. The summed E-state index contributed by atoms with van der Waals surface area (Å²) in [4.78, 5) is 15.2. The topological polar surface area (TPSA) is 94.2 Å². The molecule has 0 aliphatic heterocycles. The van der Waals surface area contributed by atoms with E-state index in [9.17, 15) is 15.2 Å². The van der Waals surface area contributed by atoms with E-state index in [1.807, 2.05) is 13.0 Å². The summed E-state index contributed by atoms with van der Waals surface area (Å²) in [5.74, 6) is -1.12. The molecule has 0 atom stereocenters. The lowest BCUT2D eigenvalue weighted by molar-refractivity contribution is 0.0693. The summed E-state index contributed by atoms with van der Waals surface area (Å²) >= 11 is 0. The van der Waals surface area contributed by atoms with Crippen LogP contribution < -0.4 is 0 Å². The van der Waals surface area contributed by atoms with Crippen molar-refractivity contribution >= 4 is 5.97 Å². The number of aryl methyl sites for hydroxylation is 1. The second-order valence-electron chi connectivity index (χ2n) is 5.53. The molecule has 5 nitrogen and oxygen atoms in total. The van der Waals surface area contributed by atoms with Crippen molar-refractivity contribution in [3.63, 3.8) is 0 Å². The van der Waals surface area contributed by atoms with Crippen molar-refractivity contribution in [1.82, 2.24) is 4.98 Å². The molecule has 2 N–H and O–H groups in total. The molecule has 0 bridgehead atoms. The van der Waals surface area contributed by atoms with Crippen molar-refractivity contribution in [1.29, 1.82) is 5.26 Å². The van der Waals surface area contributed by atoms with E-state index in [-0.39, 0.29) is 11.3 Å². The van der Waals surface area contributed by atoms with Gasteiger partial charge in [-0.3, -0.25) is 4.98 Å². The Balaban J connectivity index is 2.13. The Morgan fingerprint density at radius 1 is 1.36 bits per heavy atom. The Hall–Kier alpha value is -2.87. The highest BCUT2D eigenvalue weighted by atomic mass is 16.4. The molecule has 22 heavy (non-hydrogen) atoms. The first kappa shape index (κ1) is 14.1. The fraction of sp³-hybridized carbons (Fsp3) is 0.235. The van der Waals surface area contributed by atoms with Crippen LogP contribution in [-0.2, 0) is 0 Å². The number of rotatable bonds is 3. The molecule has 0 unspecified atom stereocenters. The van der Waals surface area contributed by atoms with Crippen LogP contribution >= 0.6 is 0 Å². The van der Waals surface area contributed by atoms with Crippen molar-refractivity contribution in [3.05, 3.63) is 46.6 Å². The maximum absolute atomic E-state index is 11.1. The largest absolute Gasteiger partial charge is 0.505 e. The minimum Gasteiger partial charge on any atom is -0.505 e. The summed E-state index contributed by atoms with van der Waals surface area (Å²) in [7, 11) is 0. The van der Waals surface area contributed by atoms with E-state index in [1.165, 1.54) is 6.07 Å². The third-order valence-electron chi connectivity index (χ3n) is 3.90. The highest BCUT2D eigenvalue weighted by molar-refractivity contribution is 5.92. The van der Waals surface area contributed by atoms with Gasteiger partial charge in [-0.2, -0.15) is 5.26 Å². The van der Waals surface area contributed by atoms with Gasteiger partial charge in [0.25, 0.3) is 0 Å². The number of carbonyl (C=O) groups is 1. The smallest absolute Gasteiger partial charge is 0.339 e. The Morgan fingerprint density at radius 2 is 2.09 bits per heavy atom. The van der Waals surface area contributed by atoms with Gasteiger partial charge in [0.15, 0.2) is 0 Å². The number of nitrogens with zero attached hydrogens (tertiary/aromatic N) is 2. The van der Waals surface area contributed by atoms with Crippen LogP contribution in [0.4, 0.5) is 0 Å². The van der Waals surface area contributed by atoms with Crippen LogP contribution in [0.2, 0.25) is 0 Å². The van der Waals surface area contributed by atoms with Gasteiger partial charge in [-0.05, 0) is 55.0 Å². The molecule has 1 heterocycles. The number of carboxylic acid groups (broad SMARTS) is 1. The zero-order valence-corrected chi connectivity index (χ0v) is 12.0. The van der Waals surface area contributed by atoms with Gasteiger partial charge in [0.1, 0.15) is 11.3 Å². The summed E-state index contributed by atoms with van der Waals surface area (Å²) in [6, 6.07) is 7.20. The first-order valence-corrected chi connectivity index (χ1v) is 6.98. The maximum atomic E-state index is 11.1. The minimum absolute atomic E-state index is 0.201. The van der Waals surface area contributed by atoms with E-state index in [1.54, 1.807) is 6.07 Å². The molecule has 1 saturated carbocycles. The lowest BCUT2D eigenvalue weighted by Crippen LogP contribution is -1.99. The summed E-state index contributed by atoms with van der Waals surface area (Å²) < 4.78 is 0. The van der Waals surface area contributed by atoms with Gasteiger partial charge in [-0.1, -0.05) is 0 Å². The minimum atomic E-state index is -1.21. The van der Waals surface area contributed by atoms with Crippen molar-refractivity contribution in [3.8, 4) is 23.1 Å². The normalized spacial score (nSPS) is 13.6. The van der Waals surface area contributed by atoms with Gasteiger partial charge >= 0.3 is 5.97 Å². The first-order chi connectivity index (χ1) is 10.5. The van der Waals surface area contributed by atoms with E-state index in [4.69, 9.17) is 5.11 Å². The molecule has 3 rings (SSSR count). The number of hydrogen-bond acceptors (Lipinski definition) is 4. The van der Waals surface area contributed by atoms with Gasteiger partial charge in [0.05, 0.1) is 23.5 Å². The quantitative estimate of drug-likeness (QED) is 0.906. The van der Waals surface area contributed by atoms with Crippen molar-refractivity contribution in [2.45, 2.75) is 25.7 Å². The molecule has 2 aromatic rings. The summed E-state index contributed by atoms with van der Waals surface area (Å²) in [6.45, 7) is 1.95.